The number of nitrogens with zero attached hydrogens (tertiary/aromatic N) is 1. The fraction of sp³-hybridized carbons (Fsp3) is 1.00. The molecule has 0 radical (unpaired) electrons. The minimum Gasteiger partial charge on any atom is -0.313 e. The lowest BCUT2D eigenvalue weighted by molar-refractivity contribution is 0.236. The van der Waals surface area contributed by atoms with Gasteiger partial charge in [0.05, 0.1) is 0 Å². The highest BCUT2D eigenvalue weighted by Gasteiger charge is 2.10. The lowest BCUT2D eigenvalue weighted by Gasteiger charge is -2.26. The van der Waals surface area contributed by atoms with Gasteiger partial charge >= 0.3 is 0 Å². The van der Waals surface area contributed by atoms with Gasteiger partial charge in [-0.1, -0.05) is 41.5 Å². The Kier molecular flexibility index (Phi) is 12.8. The van der Waals surface area contributed by atoms with E-state index >= 15 is 0 Å². The first-order valence-corrected chi connectivity index (χ1v) is 6.05. The van der Waals surface area contributed by atoms with Gasteiger partial charge in [0, 0.05) is 18.6 Å². The molecule has 0 fully saturated rings. The Morgan fingerprint density at radius 2 is 1.64 bits per heavy atom. The maximum atomic E-state index is 3.47. The molecular formula is C12H30N2. The van der Waals surface area contributed by atoms with E-state index in [4.69, 9.17) is 0 Å². The molecule has 0 aliphatic carbocycles. The summed E-state index contributed by atoms with van der Waals surface area (Å²) in [7, 11) is 2.19. The zero-order valence-corrected chi connectivity index (χ0v) is 11.2. The van der Waals surface area contributed by atoms with Crippen molar-refractivity contribution in [3.63, 3.8) is 0 Å². The van der Waals surface area contributed by atoms with Gasteiger partial charge in [-0.05, 0) is 20.0 Å². The zero-order valence-electron chi connectivity index (χ0n) is 11.2. The number of likely N-dealkylation sites (N-methyl/N-ethyl adjacent to an activating group) is 1. The largest absolute Gasteiger partial charge is 0.313 e. The Morgan fingerprint density at radius 3 is 1.93 bits per heavy atom. The van der Waals surface area contributed by atoms with Gasteiger partial charge in [0.2, 0.25) is 0 Å². The standard InChI is InChI=1S/C10H24N2.C2H6/c1-6-10(12(5)7-2)8-11-9(3)4;1-2/h9-11H,6-8H2,1-5H3;1-2H3. The summed E-state index contributed by atoms with van der Waals surface area (Å²) < 4.78 is 0. The normalized spacial score (nSPS) is 12.6. The van der Waals surface area contributed by atoms with Crippen LogP contribution in [-0.4, -0.2) is 37.1 Å². The van der Waals surface area contributed by atoms with Crippen LogP contribution < -0.4 is 5.32 Å². The summed E-state index contributed by atoms with van der Waals surface area (Å²) >= 11 is 0. The average molecular weight is 202 g/mol. The molecule has 0 amide bonds. The lowest BCUT2D eigenvalue weighted by atomic mass is 10.2. The first kappa shape index (κ1) is 16.4. The fourth-order valence-electron chi connectivity index (χ4n) is 1.24. The van der Waals surface area contributed by atoms with Gasteiger partial charge in [0.25, 0.3) is 0 Å². The molecule has 0 heterocycles. The summed E-state index contributed by atoms with van der Waals surface area (Å²) in [5.41, 5.74) is 0. The van der Waals surface area contributed by atoms with Crippen molar-refractivity contribution in [2.75, 3.05) is 20.1 Å². The molecule has 1 atom stereocenters. The maximum absolute atomic E-state index is 3.47. The van der Waals surface area contributed by atoms with Gasteiger partial charge < -0.3 is 10.2 Å². The van der Waals surface area contributed by atoms with Gasteiger partial charge in [0.1, 0.15) is 0 Å². The first-order chi connectivity index (χ1) is 6.61. The van der Waals surface area contributed by atoms with Crippen molar-refractivity contribution in [3.05, 3.63) is 0 Å². The molecule has 2 nitrogen and oxygen atoms in total. The van der Waals surface area contributed by atoms with Gasteiger partial charge in [-0.25, -0.2) is 0 Å². The van der Waals surface area contributed by atoms with Crippen LogP contribution in [0.5, 0.6) is 0 Å². The number of nitrogens with one attached hydrogen (secondary N) is 1. The molecule has 88 valence electrons. The van der Waals surface area contributed by atoms with E-state index in [1.54, 1.807) is 0 Å². The number of rotatable bonds is 6. The van der Waals surface area contributed by atoms with Crippen molar-refractivity contribution in [1.29, 1.82) is 0 Å². The predicted molar refractivity (Wildman–Crippen MR) is 66.9 cm³/mol. The molecule has 0 saturated carbocycles. The van der Waals surface area contributed by atoms with Crippen LogP contribution in [0.15, 0.2) is 0 Å². The van der Waals surface area contributed by atoms with E-state index < -0.39 is 0 Å². The Hall–Kier alpha value is -0.0800. The van der Waals surface area contributed by atoms with Crippen LogP contribution in [-0.2, 0) is 0 Å². The molecule has 2 heteroatoms. The third-order valence-electron chi connectivity index (χ3n) is 2.36. The Labute approximate surface area is 91.1 Å². The molecule has 0 aliphatic rings. The highest BCUT2D eigenvalue weighted by molar-refractivity contribution is 4.69. The van der Waals surface area contributed by atoms with Crippen LogP contribution in [0, 0.1) is 0 Å². The zero-order chi connectivity index (χ0) is 11.6. The van der Waals surface area contributed by atoms with Crippen LogP contribution in [0.25, 0.3) is 0 Å². The second-order valence-corrected chi connectivity index (χ2v) is 3.70. The van der Waals surface area contributed by atoms with E-state index in [0.29, 0.717) is 12.1 Å². The third-order valence-corrected chi connectivity index (χ3v) is 2.36. The van der Waals surface area contributed by atoms with E-state index in [-0.39, 0.29) is 0 Å². The minimum atomic E-state index is 0.601. The molecule has 1 unspecified atom stereocenters. The molecule has 0 bridgehead atoms. The Morgan fingerprint density at radius 1 is 1.14 bits per heavy atom. The lowest BCUT2D eigenvalue weighted by Crippen LogP contribution is -2.41. The van der Waals surface area contributed by atoms with Gasteiger partial charge in [-0.3, -0.25) is 0 Å². The molecule has 0 saturated heterocycles. The van der Waals surface area contributed by atoms with Crippen molar-refractivity contribution < 1.29 is 0 Å². The summed E-state index contributed by atoms with van der Waals surface area (Å²) in [5.74, 6) is 0. The summed E-state index contributed by atoms with van der Waals surface area (Å²) in [5, 5.41) is 3.47. The van der Waals surface area contributed by atoms with Crippen LogP contribution in [0.4, 0.5) is 0 Å². The van der Waals surface area contributed by atoms with Crippen LogP contribution in [0.1, 0.15) is 48.0 Å². The quantitative estimate of drug-likeness (QED) is 0.712. The number of hydrogen-bond acceptors (Lipinski definition) is 2. The van der Waals surface area contributed by atoms with E-state index in [1.807, 2.05) is 13.8 Å². The predicted octanol–water partition coefficient (Wildman–Crippen LogP) is 2.74. The molecular weight excluding hydrogens is 172 g/mol. The van der Waals surface area contributed by atoms with E-state index in [0.717, 1.165) is 13.1 Å². The molecule has 0 spiro atoms. The monoisotopic (exact) mass is 202 g/mol. The fourth-order valence-corrected chi connectivity index (χ4v) is 1.24. The number of hydrogen-bond donors (Lipinski definition) is 1. The topological polar surface area (TPSA) is 15.3 Å². The Balaban J connectivity index is 0. The highest BCUT2D eigenvalue weighted by Crippen LogP contribution is 1.99. The van der Waals surface area contributed by atoms with Gasteiger partial charge in [-0.2, -0.15) is 0 Å². The second kappa shape index (κ2) is 11.0. The smallest absolute Gasteiger partial charge is 0.0214 e. The van der Waals surface area contributed by atoms with Crippen molar-refractivity contribution in [2.45, 2.75) is 60.0 Å². The summed E-state index contributed by atoms with van der Waals surface area (Å²) in [6.07, 6.45) is 1.23. The average Bonchev–Trinajstić information content (AvgIpc) is 2.21. The van der Waals surface area contributed by atoms with E-state index in [9.17, 15) is 0 Å². The molecule has 1 N–H and O–H groups in total. The van der Waals surface area contributed by atoms with Crippen molar-refractivity contribution in [2.24, 2.45) is 0 Å². The molecule has 0 aliphatic heterocycles. The van der Waals surface area contributed by atoms with Crippen LogP contribution in [0.2, 0.25) is 0 Å². The molecule has 0 aromatic heterocycles. The summed E-state index contributed by atoms with van der Waals surface area (Å²) in [4.78, 5) is 2.40. The second-order valence-electron chi connectivity index (χ2n) is 3.70. The molecule has 0 aromatic carbocycles. The van der Waals surface area contributed by atoms with Crippen LogP contribution >= 0.6 is 0 Å². The first-order valence-electron chi connectivity index (χ1n) is 6.05. The van der Waals surface area contributed by atoms with Crippen LogP contribution in [0.3, 0.4) is 0 Å². The summed E-state index contributed by atoms with van der Waals surface area (Å²) in [6, 6.07) is 1.29. The highest BCUT2D eigenvalue weighted by atomic mass is 15.1. The van der Waals surface area contributed by atoms with E-state index in [1.165, 1.54) is 6.42 Å². The molecule has 0 rings (SSSR count). The van der Waals surface area contributed by atoms with Crippen molar-refractivity contribution >= 4 is 0 Å². The van der Waals surface area contributed by atoms with E-state index in [2.05, 4.69) is 45.0 Å². The maximum Gasteiger partial charge on any atom is 0.0214 e. The van der Waals surface area contributed by atoms with Gasteiger partial charge in [-0.15, -0.1) is 0 Å². The minimum absolute atomic E-state index is 0.601. The third kappa shape index (κ3) is 8.52. The Bertz CT molecular complexity index is 102. The van der Waals surface area contributed by atoms with Gasteiger partial charge in [0.15, 0.2) is 0 Å². The van der Waals surface area contributed by atoms with Crippen molar-refractivity contribution in [3.8, 4) is 0 Å². The summed E-state index contributed by atoms with van der Waals surface area (Å²) in [6.45, 7) is 15.1. The SMILES string of the molecule is CC.CCC(CNC(C)C)N(C)CC. The molecule has 14 heavy (non-hydrogen) atoms. The van der Waals surface area contributed by atoms with Crippen molar-refractivity contribution in [1.82, 2.24) is 10.2 Å². The molecule has 0 aromatic rings.